The SMILES string of the molecule is CCOc1ccccc1/C=N\NC(=O)CSc1nc2ccccc2c(=O)n1-c1ccccc1C. The minimum atomic E-state index is -0.311. The van der Waals surface area contributed by atoms with Crippen LogP contribution in [-0.2, 0) is 4.79 Å². The molecule has 172 valence electrons. The Balaban J connectivity index is 1.55. The molecule has 0 saturated heterocycles. The second-order valence-electron chi connectivity index (χ2n) is 7.39. The summed E-state index contributed by atoms with van der Waals surface area (Å²) in [5, 5.41) is 5.02. The number of rotatable bonds is 8. The molecule has 0 aliphatic rings. The van der Waals surface area contributed by atoms with Gasteiger partial charge in [0.2, 0.25) is 0 Å². The van der Waals surface area contributed by atoms with Gasteiger partial charge in [-0.2, -0.15) is 5.10 Å². The molecular weight excluding hydrogens is 448 g/mol. The Hall–Kier alpha value is -3.91. The van der Waals surface area contributed by atoms with Crippen molar-refractivity contribution in [3.8, 4) is 11.4 Å². The van der Waals surface area contributed by atoms with Crippen LogP contribution in [-0.4, -0.2) is 34.0 Å². The Morgan fingerprint density at radius 1 is 1.09 bits per heavy atom. The summed E-state index contributed by atoms with van der Waals surface area (Å²) >= 11 is 1.19. The maximum Gasteiger partial charge on any atom is 0.266 e. The molecule has 0 aliphatic carbocycles. The average Bonchev–Trinajstić information content (AvgIpc) is 2.85. The van der Waals surface area contributed by atoms with Crippen molar-refractivity contribution < 1.29 is 9.53 Å². The molecule has 8 heteroatoms. The van der Waals surface area contributed by atoms with Gasteiger partial charge in [-0.1, -0.05) is 54.2 Å². The molecule has 1 aromatic heterocycles. The monoisotopic (exact) mass is 472 g/mol. The van der Waals surface area contributed by atoms with E-state index in [1.807, 2.05) is 74.5 Å². The van der Waals surface area contributed by atoms with E-state index in [0.29, 0.717) is 28.4 Å². The zero-order valence-electron chi connectivity index (χ0n) is 18.9. The topological polar surface area (TPSA) is 85.6 Å². The van der Waals surface area contributed by atoms with Gasteiger partial charge in [-0.25, -0.2) is 10.4 Å². The van der Waals surface area contributed by atoms with Gasteiger partial charge in [0.05, 0.1) is 35.2 Å². The number of aromatic nitrogens is 2. The number of amides is 1. The third-order valence-corrected chi connectivity index (χ3v) is 5.98. The standard InChI is InChI=1S/C26H24N4O3S/c1-3-33-23-15-9-5-11-19(23)16-27-29-24(31)17-34-26-28-21-13-7-6-12-20(21)25(32)30(26)22-14-8-4-10-18(22)2/h4-16H,3,17H2,1-2H3,(H,29,31)/b27-16-. The number of thioether (sulfide) groups is 1. The molecule has 0 bridgehead atoms. The molecular formula is C26H24N4O3S. The summed E-state index contributed by atoms with van der Waals surface area (Å²) in [7, 11) is 0. The molecule has 0 aliphatic heterocycles. The van der Waals surface area contributed by atoms with E-state index in [0.717, 1.165) is 16.8 Å². The zero-order valence-corrected chi connectivity index (χ0v) is 19.7. The van der Waals surface area contributed by atoms with Crippen molar-refractivity contribution >= 4 is 34.8 Å². The lowest BCUT2D eigenvalue weighted by Crippen LogP contribution is -2.24. The minimum absolute atomic E-state index is 0.0428. The van der Waals surface area contributed by atoms with E-state index >= 15 is 0 Å². The summed E-state index contributed by atoms with van der Waals surface area (Å²) in [5.41, 5.74) is 5.38. The Morgan fingerprint density at radius 2 is 1.82 bits per heavy atom. The van der Waals surface area contributed by atoms with E-state index in [4.69, 9.17) is 4.74 Å². The summed E-state index contributed by atoms with van der Waals surface area (Å²) in [6.45, 7) is 4.38. The van der Waals surface area contributed by atoms with Crippen molar-refractivity contribution in [2.24, 2.45) is 5.10 Å². The fourth-order valence-corrected chi connectivity index (χ4v) is 4.24. The molecule has 4 aromatic rings. The molecule has 1 N–H and O–H groups in total. The number of ether oxygens (including phenoxy) is 1. The number of para-hydroxylation sites is 3. The van der Waals surface area contributed by atoms with Gasteiger partial charge in [0.15, 0.2) is 5.16 Å². The van der Waals surface area contributed by atoms with E-state index in [1.54, 1.807) is 22.9 Å². The fourth-order valence-electron chi connectivity index (χ4n) is 3.45. The normalized spacial score (nSPS) is 11.1. The largest absolute Gasteiger partial charge is 0.493 e. The maximum atomic E-state index is 13.3. The van der Waals surface area contributed by atoms with Crippen LogP contribution in [0.1, 0.15) is 18.1 Å². The van der Waals surface area contributed by atoms with E-state index in [9.17, 15) is 9.59 Å². The van der Waals surface area contributed by atoms with E-state index in [-0.39, 0.29) is 17.2 Å². The Labute approximate surface area is 201 Å². The van der Waals surface area contributed by atoms with E-state index < -0.39 is 0 Å². The highest BCUT2D eigenvalue weighted by Gasteiger charge is 2.15. The van der Waals surface area contributed by atoms with Gasteiger partial charge in [0.1, 0.15) is 5.75 Å². The summed E-state index contributed by atoms with van der Waals surface area (Å²) in [6.07, 6.45) is 1.55. The van der Waals surface area contributed by atoms with Crippen LogP contribution in [0.15, 0.2) is 87.8 Å². The van der Waals surface area contributed by atoms with Gasteiger partial charge < -0.3 is 4.74 Å². The number of aryl methyl sites for hydroxylation is 1. The molecule has 1 heterocycles. The number of hydrazone groups is 1. The van der Waals surface area contributed by atoms with Gasteiger partial charge in [-0.15, -0.1) is 0 Å². The number of fused-ring (bicyclic) bond motifs is 1. The van der Waals surface area contributed by atoms with Gasteiger partial charge in [-0.3, -0.25) is 14.2 Å². The van der Waals surface area contributed by atoms with Gasteiger partial charge >= 0.3 is 0 Å². The summed E-state index contributed by atoms with van der Waals surface area (Å²) in [5.74, 6) is 0.426. The molecule has 0 saturated carbocycles. The van der Waals surface area contributed by atoms with Crippen LogP contribution in [0.4, 0.5) is 0 Å². The lowest BCUT2D eigenvalue weighted by atomic mass is 10.2. The molecule has 1 amide bonds. The summed E-state index contributed by atoms with van der Waals surface area (Å²) in [4.78, 5) is 30.5. The van der Waals surface area contributed by atoms with Gasteiger partial charge in [-0.05, 0) is 49.7 Å². The van der Waals surface area contributed by atoms with Crippen LogP contribution < -0.4 is 15.7 Å². The van der Waals surface area contributed by atoms with Gasteiger partial charge in [0.25, 0.3) is 11.5 Å². The first-order valence-corrected chi connectivity index (χ1v) is 11.8. The average molecular weight is 473 g/mol. The summed E-state index contributed by atoms with van der Waals surface area (Å²) < 4.78 is 7.13. The molecule has 0 unspecified atom stereocenters. The molecule has 34 heavy (non-hydrogen) atoms. The molecule has 4 rings (SSSR count). The highest BCUT2D eigenvalue weighted by molar-refractivity contribution is 7.99. The Morgan fingerprint density at radius 3 is 2.65 bits per heavy atom. The first-order chi connectivity index (χ1) is 16.6. The van der Waals surface area contributed by atoms with Crippen molar-refractivity contribution in [2.45, 2.75) is 19.0 Å². The van der Waals surface area contributed by atoms with Crippen LogP contribution >= 0.6 is 11.8 Å². The smallest absolute Gasteiger partial charge is 0.266 e. The highest BCUT2D eigenvalue weighted by atomic mass is 32.2. The quantitative estimate of drug-likeness (QED) is 0.179. The minimum Gasteiger partial charge on any atom is -0.493 e. The van der Waals surface area contributed by atoms with Crippen LogP contribution in [0.3, 0.4) is 0 Å². The second-order valence-corrected chi connectivity index (χ2v) is 8.33. The second kappa shape index (κ2) is 10.8. The number of carbonyl (C=O) groups excluding carboxylic acids is 1. The third kappa shape index (κ3) is 5.18. The third-order valence-electron chi connectivity index (χ3n) is 5.05. The zero-order chi connectivity index (χ0) is 23.9. The first kappa shape index (κ1) is 23.3. The van der Waals surface area contributed by atoms with Crippen molar-refractivity contribution in [3.05, 3.63) is 94.3 Å². The number of nitrogens with zero attached hydrogens (tertiary/aromatic N) is 3. The predicted molar refractivity (Wildman–Crippen MR) is 136 cm³/mol. The van der Waals surface area contributed by atoms with E-state index in [1.165, 1.54) is 11.8 Å². The number of benzene rings is 3. The van der Waals surface area contributed by atoms with Crippen molar-refractivity contribution in [3.63, 3.8) is 0 Å². The molecule has 0 atom stereocenters. The van der Waals surface area contributed by atoms with Crippen LogP contribution in [0, 0.1) is 6.92 Å². The fraction of sp³-hybridized carbons (Fsp3) is 0.154. The molecule has 7 nitrogen and oxygen atoms in total. The van der Waals surface area contributed by atoms with E-state index in [2.05, 4.69) is 15.5 Å². The lowest BCUT2D eigenvalue weighted by Gasteiger charge is -2.14. The van der Waals surface area contributed by atoms with Crippen molar-refractivity contribution in [1.29, 1.82) is 0 Å². The van der Waals surface area contributed by atoms with Gasteiger partial charge in [0, 0.05) is 5.56 Å². The number of nitrogens with one attached hydrogen (secondary N) is 1. The number of carbonyl (C=O) groups is 1. The predicted octanol–water partition coefficient (Wildman–Crippen LogP) is 4.34. The van der Waals surface area contributed by atoms with Crippen LogP contribution in [0.2, 0.25) is 0 Å². The Kier molecular flexibility index (Phi) is 7.39. The molecule has 0 radical (unpaired) electrons. The summed E-state index contributed by atoms with van der Waals surface area (Å²) in [6, 6.07) is 22.3. The maximum absolute atomic E-state index is 13.3. The number of hydrogen-bond donors (Lipinski definition) is 1. The Bertz CT molecular complexity index is 1410. The first-order valence-electron chi connectivity index (χ1n) is 10.8. The molecule has 0 spiro atoms. The lowest BCUT2D eigenvalue weighted by molar-refractivity contribution is -0.118. The van der Waals surface area contributed by atoms with Crippen LogP contribution in [0.5, 0.6) is 5.75 Å². The highest BCUT2D eigenvalue weighted by Crippen LogP contribution is 2.23. The van der Waals surface area contributed by atoms with Crippen molar-refractivity contribution in [1.82, 2.24) is 15.0 Å². The van der Waals surface area contributed by atoms with Crippen LogP contribution in [0.25, 0.3) is 16.6 Å². The molecule has 3 aromatic carbocycles. The molecule has 0 fully saturated rings. The number of hydrogen-bond acceptors (Lipinski definition) is 6. The van der Waals surface area contributed by atoms with Crippen molar-refractivity contribution in [2.75, 3.05) is 12.4 Å².